The maximum atomic E-state index is 13.9. The van der Waals surface area contributed by atoms with Gasteiger partial charge < -0.3 is 24.4 Å². The monoisotopic (exact) mass is 750 g/mol. The second kappa shape index (κ2) is 17.8. The highest BCUT2D eigenvalue weighted by atomic mass is 16.6. The number of hydrogen-bond donors (Lipinski definition) is 2. The van der Waals surface area contributed by atoms with Crippen molar-refractivity contribution in [3.63, 3.8) is 0 Å². The molecule has 6 aromatic carbocycles. The largest absolute Gasteiger partial charge is 0.507 e. The van der Waals surface area contributed by atoms with Gasteiger partial charge >= 0.3 is 0 Å². The van der Waals surface area contributed by atoms with E-state index in [9.17, 15) is 20.3 Å². The van der Waals surface area contributed by atoms with Gasteiger partial charge in [0.15, 0.2) is 0 Å². The second-order valence-corrected chi connectivity index (χ2v) is 14.1. The van der Waals surface area contributed by atoms with Gasteiger partial charge in [-0.1, -0.05) is 96.1 Å². The third-order valence-corrected chi connectivity index (χ3v) is 9.39. The van der Waals surface area contributed by atoms with Crippen molar-refractivity contribution < 1.29 is 29.3 Å². The number of aromatic hydroxyl groups is 1. The van der Waals surface area contributed by atoms with E-state index in [0.29, 0.717) is 28.4 Å². The van der Waals surface area contributed by atoms with Gasteiger partial charge in [-0.15, -0.1) is 0 Å². The van der Waals surface area contributed by atoms with Gasteiger partial charge in [-0.2, -0.15) is 0 Å². The highest BCUT2D eigenvalue weighted by Gasteiger charge is 2.45. The van der Waals surface area contributed by atoms with Crippen LogP contribution in [0.15, 0.2) is 145 Å². The van der Waals surface area contributed by atoms with E-state index in [-0.39, 0.29) is 42.7 Å². The van der Waals surface area contributed by atoms with Crippen molar-refractivity contribution in [1.29, 1.82) is 0 Å². The van der Waals surface area contributed by atoms with Crippen molar-refractivity contribution >= 4 is 11.9 Å². The van der Waals surface area contributed by atoms with Crippen molar-refractivity contribution in [2.75, 3.05) is 0 Å². The normalized spacial score (nSPS) is 12.1. The van der Waals surface area contributed by atoms with E-state index in [1.54, 1.807) is 0 Å². The molecule has 0 radical (unpaired) electrons. The van der Waals surface area contributed by atoms with Crippen molar-refractivity contribution in [3.8, 4) is 23.0 Å². The molecule has 0 aromatic heterocycles. The molecule has 0 aliphatic carbocycles. The average Bonchev–Trinajstić information content (AvgIpc) is 3.20. The number of phenolic OH excluding ortho intramolecular Hbond substituents is 1. The molecule has 9 nitrogen and oxygen atoms in total. The molecule has 0 unspecified atom stereocenters. The van der Waals surface area contributed by atoms with E-state index >= 15 is 0 Å². The summed E-state index contributed by atoms with van der Waals surface area (Å²) in [7, 11) is 0. The average molecular weight is 751 g/mol. The Hall–Kier alpha value is -6.45. The number of aliphatic hydroxyl groups is 1. The fraction of sp³-hybridized carbons (Fsp3) is 0.213. The van der Waals surface area contributed by atoms with Crippen LogP contribution < -0.4 is 14.2 Å². The molecule has 0 amide bonds. The van der Waals surface area contributed by atoms with Crippen molar-refractivity contribution in [3.05, 3.63) is 194 Å². The van der Waals surface area contributed by atoms with Crippen LogP contribution in [0.4, 0.5) is 5.69 Å². The number of non-ortho nitro benzene ring substituents is 1. The molecule has 0 saturated heterocycles. The molecule has 286 valence electrons. The fourth-order valence-corrected chi connectivity index (χ4v) is 6.55. The van der Waals surface area contributed by atoms with E-state index in [1.807, 2.05) is 149 Å². The van der Waals surface area contributed by atoms with Gasteiger partial charge in [0.2, 0.25) is 0 Å². The number of nitro groups is 1. The molecule has 1 atom stereocenters. The Balaban J connectivity index is 1.57. The lowest BCUT2D eigenvalue weighted by Gasteiger charge is -2.37. The standard InChI is InChI=1S/C47H46N2O7/c1-32(2)56-40-20-17-35(18-21-40)27-46(48-29-38-28-39(49(52)53)19-22-43(38)50)47(51,41-25-33(3)15-23-44(41)54-30-36-11-7-5-8-12-36)42-26-34(4)16-24-45(42)55-31-37-13-9-6-10-14-37/h5-26,28-29,32,46,50-51H,27,30-31H2,1-4H3/t46-/m0/s1. The number of hydrogen-bond acceptors (Lipinski definition) is 8. The number of benzene rings is 6. The molecule has 6 rings (SSSR count). The summed E-state index contributed by atoms with van der Waals surface area (Å²) in [5.41, 5.74) is 3.37. The van der Waals surface area contributed by atoms with Crippen molar-refractivity contribution in [2.24, 2.45) is 4.99 Å². The SMILES string of the molecule is Cc1ccc(OCc2ccccc2)c(C(O)(c2cc(C)ccc2OCc2ccccc2)[C@H](Cc2ccc(OC(C)C)cc2)N=Cc2cc([N+](=O)[O-])ccc2O)c1. The zero-order valence-electron chi connectivity index (χ0n) is 32.0. The molecule has 0 aliphatic rings. The summed E-state index contributed by atoms with van der Waals surface area (Å²) in [6.45, 7) is 8.29. The minimum Gasteiger partial charge on any atom is -0.507 e. The molecule has 0 saturated carbocycles. The molecular weight excluding hydrogens is 705 g/mol. The van der Waals surface area contributed by atoms with Crippen LogP contribution in [0.1, 0.15) is 58.4 Å². The number of aliphatic imine (C=N–C) groups is 1. The third kappa shape index (κ3) is 9.61. The first-order valence-corrected chi connectivity index (χ1v) is 18.5. The first kappa shape index (κ1) is 39.2. The Labute approximate surface area is 327 Å². The zero-order valence-corrected chi connectivity index (χ0v) is 32.0. The number of nitrogens with zero attached hydrogens (tertiary/aromatic N) is 2. The van der Waals surface area contributed by atoms with E-state index in [2.05, 4.69) is 0 Å². The second-order valence-electron chi connectivity index (χ2n) is 14.1. The van der Waals surface area contributed by atoms with Crippen LogP contribution in [0.3, 0.4) is 0 Å². The predicted molar refractivity (Wildman–Crippen MR) is 219 cm³/mol. The molecule has 56 heavy (non-hydrogen) atoms. The summed E-state index contributed by atoms with van der Waals surface area (Å²) in [4.78, 5) is 16.2. The molecular formula is C47H46N2O7. The lowest BCUT2D eigenvalue weighted by molar-refractivity contribution is -0.384. The maximum absolute atomic E-state index is 13.9. The summed E-state index contributed by atoms with van der Waals surface area (Å²) in [6.07, 6.45) is 1.56. The van der Waals surface area contributed by atoms with Crippen LogP contribution in [0.2, 0.25) is 0 Å². The summed E-state index contributed by atoms with van der Waals surface area (Å²) < 4.78 is 19.0. The lowest BCUT2D eigenvalue weighted by Crippen LogP contribution is -2.42. The quantitative estimate of drug-likeness (QED) is 0.0574. The van der Waals surface area contributed by atoms with Crippen LogP contribution in [0.25, 0.3) is 0 Å². The Bertz CT molecular complexity index is 2180. The molecule has 0 aliphatic heterocycles. The van der Waals surface area contributed by atoms with Gasteiger partial charge in [-0.05, 0) is 93.3 Å². The molecule has 0 fully saturated rings. The number of ether oxygens (including phenoxy) is 3. The first-order valence-electron chi connectivity index (χ1n) is 18.5. The van der Waals surface area contributed by atoms with E-state index in [0.717, 1.165) is 27.8 Å². The van der Waals surface area contributed by atoms with Crippen LogP contribution in [0, 0.1) is 24.0 Å². The van der Waals surface area contributed by atoms with Crippen LogP contribution in [-0.4, -0.2) is 33.5 Å². The molecule has 6 aromatic rings. The fourth-order valence-electron chi connectivity index (χ4n) is 6.55. The highest BCUT2D eigenvalue weighted by molar-refractivity contribution is 5.84. The summed E-state index contributed by atoms with van der Waals surface area (Å²) in [5.74, 6) is 1.39. The topological polar surface area (TPSA) is 124 Å². The number of rotatable bonds is 16. The minimum absolute atomic E-state index is 0.0165. The number of phenols is 1. The molecule has 0 spiro atoms. The Morgan fingerprint density at radius 3 is 1.75 bits per heavy atom. The lowest BCUT2D eigenvalue weighted by atomic mass is 9.76. The van der Waals surface area contributed by atoms with E-state index in [1.165, 1.54) is 24.4 Å². The molecule has 0 heterocycles. The van der Waals surface area contributed by atoms with Gasteiger partial charge in [0.05, 0.1) is 17.1 Å². The molecule has 0 bridgehead atoms. The molecule has 2 N–H and O–H groups in total. The first-order chi connectivity index (χ1) is 27.0. The van der Waals surface area contributed by atoms with Crippen LogP contribution in [-0.2, 0) is 25.2 Å². The van der Waals surface area contributed by atoms with Gasteiger partial charge in [-0.25, -0.2) is 0 Å². The van der Waals surface area contributed by atoms with Gasteiger partial charge in [0, 0.05) is 35.0 Å². The van der Waals surface area contributed by atoms with E-state index < -0.39 is 16.6 Å². The van der Waals surface area contributed by atoms with Gasteiger partial charge in [0.1, 0.15) is 41.8 Å². The molecule has 9 heteroatoms. The van der Waals surface area contributed by atoms with E-state index in [4.69, 9.17) is 19.2 Å². The van der Waals surface area contributed by atoms with Crippen LogP contribution in [0.5, 0.6) is 23.0 Å². The Morgan fingerprint density at radius 2 is 1.25 bits per heavy atom. The Morgan fingerprint density at radius 1 is 0.714 bits per heavy atom. The third-order valence-electron chi connectivity index (χ3n) is 9.39. The smallest absolute Gasteiger partial charge is 0.270 e. The minimum atomic E-state index is -1.93. The Kier molecular flexibility index (Phi) is 12.5. The highest BCUT2D eigenvalue weighted by Crippen LogP contribution is 2.46. The van der Waals surface area contributed by atoms with Crippen molar-refractivity contribution in [1.82, 2.24) is 0 Å². The summed E-state index contributed by atoms with van der Waals surface area (Å²) in [6, 6.07) is 41.3. The number of nitro benzene ring substituents is 1. The van der Waals surface area contributed by atoms with Gasteiger partial charge in [0.25, 0.3) is 5.69 Å². The maximum Gasteiger partial charge on any atom is 0.270 e. The zero-order chi connectivity index (χ0) is 39.7. The predicted octanol–water partition coefficient (Wildman–Crippen LogP) is 9.83. The number of aryl methyl sites for hydroxylation is 2. The summed E-state index contributed by atoms with van der Waals surface area (Å²) >= 11 is 0. The van der Waals surface area contributed by atoms with Crippen molar-refractivity contribution in [2.45, 2.75) is 65.1 Å². The van der Waals surface area contributed by atoms with Gasteiger partial charge in [-0.3, -0.25) is 15.1 Å². The summed E-state index contributed by atoms with van der Waals surface area (Å²) in [5, 5.41) is 36.5. The van der Waals surface area contributed by atoms with Crippen LogP contribution >= 0.6 is 0 Å².